The lowest BCUT2D eigenvalue weighted by atomic mass is 9.77. The maximum atomic E-state index is 6.15. The Labute approximate surface area is 112 Å². The zero-order valence-electron chi connectivity index (χ0n) is 10.0. The Kier molecular flexibility index (Phi) is 3.68. The van der Waals surface area contributed by atoms with Gasteiger partial charge in [0.25, 0.3) is 0 Å². The second-order valence-electron chi connectivity index (χ2n) is 4.68. The Morgan fingerprint density at radius 1 is 1.22 bits per heavy atom. The van der Waals surface area contributed by atoms with E-state index in [1.54, 1.807) is 0 Å². The average Bonchev–Trinajstić information content (AvgIpc) is 2.76. The summed E-state index contributed by atoms with van der Waals surface area (Å²) < 4.78 is 5.25. The van der Waals surface area contributed by atoms with Gasteiger partial charge in [0, 0.05) is 0 Å². The van der Waals surface area contributed by atoms with Crippen molar-refractivity contribution in [3.63, 3.8) is 0 Å². The number of rotatable bonds is 3. The quantitative estimate of drug-likeness (QED) is 0.926. The van der Waals surface area contributed by atoms with E-state index in [-0.39, 0.29) is 17.9 Å². The topological polar surface area (TPSA) is 64.9 Å². The molecule has 2 N–H and O–H groups in total. The second kappa shape index (κ2) is 5.08. The van der Waals surface area contributed by atoms with E-state index in [9.17, 15) is 0 Å². The third kappa shape index (κ3) is 2.40. The van der Waals surface area contributed by atoms with E-state index in [0.29, 0.717) is 18.1 Å². The van der Waals surface area contributed by atoms with Gasteiger partial charge in [-0.25, -0.2) is 0 Å². The first-order chi connectivity index (χ1) is 8.26. The summed E-state index contributed by atoms with van der Waals surface area (Å²) >= 11 is 0. The van der Waals surface area contributed by atoms with Gasteiger partial charge in [-0.2, -0.15) is 4.98 Å². The highest BCUT2D eigenvalue weighted by atomic mass is 35.5. The van der Waals surface area contributed by atoms with E-state index < -0.39 is 0 Å². The van der Waals surface area contributed by atoms with Crippen LogP contribution in [0, 0.1) is 0 Å². The standard InChI is InChI=1S/C13H15N3O.ClH/c14-13(7-4-8-13)12-15-11(17-16-12)9-10-5-2-1-3-6-10;/h1-3,5-6H,4,7-9,14H2;1H. The number of benzene rings is 1. The van der Waals surface area contributed by atoms with Crippen molar-refractivity contribution < 1.29 is 4.52 Å². The molecule has 1 heterocycles. The molecule has 96 valence electrons. The molecule has 0 aliphatic heterocycles. The highest BCUT2D eigenvalue weighted by molar-refractivity contribution is 5.85. The van der Waals surface area contributed by atoms with Crippen LogP contribution in [-0.2, 0) is 12.0 Å². The number of halogens is 1. The molecule has 1 saturated carbocycles. The molecule has 1 aliphatic rings. The minimum atomic E-state index is -0.335. The number of nitrogens with zero attached hydrogens (tertiary/aromatic N) is 2. The van der Waals surface area contributed by atoms with E-state index in [0.717, 1.165) is 19.3 Å². The fourth-order valence-corrected chi connectivity index (χ4v) is 2.08. The van der Waals surface area contributed by atoms with Crippen molar-refractivity contribution in [2.75, 3.05) is 0 Å². The smallest absolute Gasteiger partial charge is 0.231 e. The van der Waals surface area contributed by atoms with Gasteiger partial charge in [-0.15, -0.1) is 12.4 Å². The van der Waals surface area contributed by atoms with E-state index in [4.69, 9.17) is 10.3 Å². The van der Waals surface area contributed by atoms with Crippen LogP contribution in [0.5, 0.6) is 0 Å². The van der Waals surface area contributed by atoms with Gasteiger partial charge in [-0.3, -0.25) is 0 Å². The molecule has 5 heteroatoms. The second-order valence-corrected chi connectivity index (χ2v) is 4.68. The van der Waals surface area contributed by atoms with Gasteiger partial charge in [0.15, 0.2) is 5.82 Å². The van der Waals surface area contributed by atoms with Crippen LogP contribution in [-0.4, -0.2) is 10.1 Å². The molecule has 0 unspecified atom stereocenters. The summed E-state index contributed by atoms with van der Waals surface area (Å²) in [5.74, 6) is 1.30. The maximum absolute atomic E-state index is 6.15. The van der Waals surface area contributed by atoms with Crippen LogP contribution in [0.1, 0.15) is 36.5 Å². The summed E-state index contributed by atoms with van der Waals surface area (Å²) in [7, 11) is 0. The summed E-state index contributed by atoms with van der Waals surface area (Å²) in [6, 6.07) is 10.1. The lowest BCUT2D eigenvalue weighted by Crippen LogP contribution is -2.44. The summed E-state index contributed by atoms with van der Waals surface area (Å²) in [4.78, 5) is 4.40. The molecule has 0 atom stereocenters. The zero-order valence-corrected chi connectivity index (χ0v) is 10.8. The van der Waals surface area contributed by atoms with Crippen molar-refractivity contribution in [1.29, 1.82) is 0 Å². The molecular weight excluding hydrogens is 250 g/mol. The van der Waals surface area contributed by atoms with E-state index in [2.05, 4.69) is 10.1 Å². The lowest BCUT2D eigenvalue weighted by Gasteiger charge is -2.34. The van der Waals surface area contributed by atoms with Gasteiger partial charge in [0.1, 0.15) is 0 Å². The molecule has 1 aromatic heterocycles. The summed E-state index contributed by atoms with van der Waals surface area (Å²) in [5, 5.41) is 4.00. The molecule has 1 fully saturated rings. The van der Waals surface area contributed by atoms with Gasteiger partial charge in [0.05, 0.1) is 12.0 Å². The largest absolute Gasteiger partial charge is 0.339 e. The van der Waals surface area contributed by atoms with Crippen molar-refractivity contribution in [2.24, 2.45) is 5.73 Å². The normalized spacial score (nSPS) is 16.7. The maximum Gasteiger partial charge on any atom is 0.231 e. The predicted octanol–water partition coefficient (Wildman–Crippen LogP) is 2.42. The molecule has 0 saturated heterocycles. The molecule has 2 aromatic rings. The molecule has 18 heavy (non-hydrogen) atoms. The average molecular weight is 266 g/mol. The van der Waals surface area contributed by atoms with Gasteiger partial charge in [0.2, 0.25) is 5.89 Å². The SMILES string of the molecule is Cl.NC1(c2noc(Cc3ccccc3)n2)CCC1. The molecule has 1 aliphatic carbocycles. The lowest BCUT2D eigenvalue weighted by molar-refractivity contribution is 0.229. The summed E-state index contributed by atoms with van der Waals surface area (Å²) in [6.07, 6.45) is 3.73. The van der Waals surface area contributed by atoms with Gasteiger partial charge in [-0.05, 0) is 24.8 Å². The number of hydrogen-bond donors (Lipinski definition) is 1. The Balaban J connectivity index is 0.00000120. The Bertz CT molecular complexity index is 508. The Morgan fingerprint density at radius 3 is 2.56 bits per heavy atom. The summed E-state index contributed by atoms with van der Waals surface area (Å²) in [6.45, 7) is 0. The fourth-order valence-electron chi connectivity index (χ4n) is 2.08. The Morgan fingerprint density at radius 2 is 1.94 bits per heavy atom. The summed E-state index contributed by atoms with van der Waals surface area (Å²) in [5.41, 5.74) is 6.98. The van der Waals surface area contributed by atoms with E-state index in [1.165, 1.54) is 5.56 Å². The highest BCUT2D eigenvalue weighted by Gasteiger charge is 2.38. The number of nitrogens with two attached hydrogens (primary N) is 1. The van der Waals surface area contributed by atoms with Crippen LogP contribution in [0.3, 0.4) is 0 Å². The van der Waals surface area contributed by atoms with Crippen LogP contribution in [0.4, 0.5) is 0 Å². The van der Waals surface area contributed by atoms with Crippen LogP contribution >= 0.6 is 12.4 Å². The molecule has 0 spiro atoms. The molecule has 0 radical (unpaired) electrons. The molecule has 3 rings (SSSR count). The van der Waals surface area contributed by atoms with Crippen molar-refractivity contribution in [3.8, 4) is 0 Å². The first kappa shape index (κ1) is 13.1. The van der Waals surface area contributed by atoms with Gasteiger partial charge >= 0.3 is 0 Å². The fraction of sp³-hybridized carbons (Fsp3) is 0.385. The van der Waals surface area contributed by atoms with Crippen molar-refractivity contribution in [2.45, 2.75) is 31.2 Å². The minimum absolute atomic E-state index is 0. The third-order valence-electron chi connectivity index (χ3n) is 3.36. The van der Waals surface area contributed by atoms with Crippen LogP contribution in [0.15, 0.2) is 34.9 Å². The molecular formula is C13H16ClN3O. The molecule has 0 amide bonds. The van der Waals surface area contributed by atoms with E-state index >= 15 is 0 Å². The monoisotopic (exact) mass is 265 g/mol. The van der Waals surface area contributed by atoms with Gasteiger partial charge < -0.3 is 10.3 Å². The van der Waals surface area contributed by atoms with Gasteiger partial charge in [-0.1, -0.05) is 35.5 Å². The third-order valence-corrected chi connectivity index (χ3v) is 3.36. The molecule has 0 bridgehead atoms. The van der Waals surface area contributed by atoms with Crippen LogP contribution < -0.4 is 5.73 Å². The van der Waals surface area contributed by atoms with Crippen LogP contribution in [0.2, 0.25) is 0 Å². The number of aromatic nitrogens is 2. The van der Waals surface area contributed by atoms with Crippen molar-refractivity contribution in [1.82, 2.24) is 10.1 Å². The van der Waals surface area contributed by atoms with Crippen LogP contribution in [0.25, 0.3) is 0 Å². The Hall–Kier alpha value is -1.39. The first-order valence-electron chi connectivity index (χ1n) is 5.92. The highest BCUT2D eigenvalue weighted by Crippen LogP contribution is 2.36. The number of hydrogen-bond acceptors (Lipinski definition) is 4. The minimum Gasteiger partial charge on any atom is -0.339 e. The molecule has 1 aromatic carbocycles. The van der Waals surface area contributed by atoms with Crippen molar-refractivity contribution >= 4 is 12.4 Å². The van der Waals surface area contributed by atoms with Crippen molar-refractivity contribution in [3.05, 3.63) is 47.6 Å². The molecule has 4 nitrogen and oxygen atoms in total. The zero-order chi connectivity index (χ0) is 11.7. The van der Waals surface area contributed by atoms with E-state index in [1.807, 2.05) is 30.3 Å². The first-order valence-corrected chi connectivity index (χ1v) is 5.92. The predicted molar refractivity (Wildman–Crippen MR) is 70.5 cm³/mol.